The number of nitro groups is 1. The molecule has 0 bridgehead atoms. The molecule has 0 aliphatic heterocycles. The Morgan fingerprint density at radius 1 is 1.53 bits per heavy atom. The molecule has 0 aliphatic carbocycles. The van der Waals surface area contributed by atoms with Gasteiger partial charge in [0.2, 0.25) is 0 Å². The van der Waals surface area contributed by atoms with Crippen molar-refractivity contribution < 1.29 is 9.72 Å². The predicted octanol–water partition coefficient (Wildman–Crippen LogP) is 2.41. The van der Waals surface area contributed by atoms with E-state index in [2.05, 4.69) is 15.8 Å². The number of rotatable bonds is 5. The fourth-order valence-corrected chi connectivity index (χ4v) is 1.28. The van der Waals surface area contributed by atoms with E-state index in [1.165, 1.54) is 25.1 Å². The van der Waals surface area contributed by atoms with Crippen LogP contribution in [0.4, 0.5) is 11.4 Å². The third kappa shape index (κ3) is 3.07. The van der Waals surface area contributed by atoms with Gasteiger partial charge in [0.05, 0.1) is 4.92 Å². The Kier molecular flexibility index (Phi) is 4.27. The van der Waals surface area contributed by atoms with E-state index in [4.69, 9.17) is 0 Å². The highest BCUT2D eigenvalue weighted by molar-refractivity contribution is 6.02. The summed E-state index contributed by atoms with van der Waals surface area (Å²) in [4.78, 5) is 21.6. The highest BCUT2D eigenvalue weighted by atomic mass is 16.6. The minimum absolute atomic E-state index is 0.0286. The second-order valence-electron chi connectivity index (χ2n) is 3.20. The molecule has 0 unspecified atom stereocenters. The van der Waals surface area contributed by atoms with Crippen LogP contribution in [0.3, 0.4) is 0 Å². The number of hydrogen-bond acceptors (Lipinski definition) is 5. The molecular weight excluding hydrogens is 224 g/mol. The largest absolute Gasteiger partial charge is 0.294 e. The monoisotopic (exact) mass is 236 g/mol. The van der Waals surface area contributed by atoms with E-state index in [1.807, 2.05) is 6.92 Å². The van der Waals surface area contributed by atoms with Crippen molar-refractivity contribution in [3.8, 4) is 0 Å². The SMILES string of the molecule is CCN/N=N\c1cccc([N+](=O)[O-])c1C(C)=O. The Morgan fingerprint density at radius 3 is 2.76 bits per heavy atom. The number of nitrogens with one attached hydrogen (secondary N) is 1. The Balaban J connectivity index is 3.25. The van der Waals surface area contributed by atoms with Gasteiger partial charge in [0.15, 0.2) is 5.78 Å². The zero-order valence-electron chi connectivity index (χ0n) is 9.51. The van der Waals surface area contributed by atoms with Gasteiger partial charge in [-0.15, -0.1) is 5.11 Å². The maximum atomic E-state index is 11.4. The molecule has 0 fully saturated rings. The van der Waals surface area contributed by atoms with Crippen molar-refractivity contribution in [3.05, 3.63) is 33.9 Å². The van der Waals surface area contributed by atoms with E-state index in [1.54, 1.807) is 0 Å². The number of nitrogens with zero attached hydrogens (tertiary/aromatic N) is 3. The number of Topliss-reactive ketones (excluding diaryl/α,β-unsaturated/α-hetero) is 1. The minimum Gasteiger partial charge on any atom is -0.294 e. The van der Waals surface area contributed by atoms with Gasteiger partial charge in [0.25, 0.3) is 5.69 Å². The van der Waals surface area contributed by atoms with Crippen molar-refractivity contribution in [3.63, 3.8) is 0 Å². The van der Waals surface area contributed by atoms with Gasteiger partial charge >= 0.3 is 0 Å². The van der Waals surface area contributed by atoms with Gasteiger partial charge in [-0.25, -0.2) is 0 Å². The molecule has 0 amide bonds. The standard InChI is InChI=1S/C10H12N4O3/c1-3-11-13-12-8-5-4-6-9(14(16)17)10(8)7(2)15/h4-6H,3H2,1-2H3,(H,11,12). The van der Waals surface area contributed by atoms with Crippen molar-refractivity contribution in [2.45, 2.75) is 13.8 Å². The molecule has 7 heteroatoms. The Morgan fingerprint density at radius 2 is 2.24 bits per heavy atom. The third-order valence-corrected chi connectivity index (χ3v) is 1.96. The first-order valence-electron chi connectivity index (χ1n) is 4.99. The molecule has 90 valence electrons. The first-order valence-corrected chi connectivity index (χ1v) is 4.99. The van der Waals surface area contributed by atoms with Crippen molar-refractivity contribution in [1.82, 2.24) is 5.43 Å². The average Bonchev–Trinajstić information content (AvgIpc) is 2.28. The molecule has 1 rings (SSSR count). The molecule has 0 saturated carbocycles. The van der Waals surface area contributed by atoms with E-state index in [0.717, 1.165) is 0 Å². The summed E-state index contributed by atoms with van der Waals surface area (Å²) in [6, 6.07) is 4.23. The molecule has 0 radical (unpaired) electrons. The minimum atomic E-state index is -0.608. The molecule has 1 aromatic rings. The van der Waals surface area contributed by atoms with Crippen molar-refractivity contribution in [2.24, 2.45) is 10.3 Å². The van der Waals surface area contributed by atoms with Crippen LogP contribution in [-0.4, -0.2) is 17.3 Å². The van der Waals surface area contributed by atoms with Crippen LogP contribution in [0.25, 0.3) is 0 Å². The van der Waals surface area contributed by atoms with Crippen LogP contribution in [0.15, 0.2) is 28.5 Å². The number of ketones is 1. The maximum Gasteiger partial charge on any atom is 0.282 e. The lowest BCUT2D eigenvalue weighted by Gasteiger charge is -2.01. The summed E-state index contributed by atoms with van der Waals surface area (Å²) in [6.45, 7) is 3.67. The van der Waals surface area contributed by atoms with Gasteiger partial charge in [-0.1, -0.05) is 11.3 Å². The molecule has 0 spiro atoms. The van der Waals surface area contributed by atoms with Crippen molar-refractivity contribution in [1.29, 1.82) is 0 Å². The molecule has 0 atom stereocenters. The van der Waals surface area contributed by atoms with E-state index in [-0.39, 0.29) is 16.9 Å². The molecule has 0 aromatic heterocycles. The second-order valence-corrected chi connectivity index (χ2v) is 3.20. The van der Waals surface area contributed by atoms with Crippen LogP contribution < -0.4 is 5.43 Å². The normalized spacial score (nSPS) is 10.5. The molecule has 0 aliphatic rings. The summed E-state index contributed by atoms with van der Waals surface area (Å²) in [5, 5.41) is 18.1. The number of carbonyl (C=O) groups excluding carboxylic acids is 1. The molecule has 1 N–H and O–H groups in total. The van der Waals surface area contributed by atoms with E-state index in [0.29, 0.717) is 6.54 Å². The molecular formula is C10H12N4O3. The Labute approximate surface area is 97.7 Å². The Hall–Kier alpha value is -2.31. The van der Waals surface area contributed by atoms with E-state index < -0.39 is 10.7 Å². The van der Waals surface area contributed by atoms with Crippen LogP contribution >= 0.6 is 0 Å². The third-order valence-electron chi connectivity index (χ3n) is 1.96. The van der Waals surface area contributed by atoms with E-state index >= 15 is 0 Å². The second kappa shape index (κ2) is 5.69. The molecule has 0 saturated heterocycles. The van der Waals surface area contributed by atoms with Crippen LogP contribution in [0.2, 0.25) is 0 Å². The number of benzene rings is 1. The quantitative estimate of drug-likeness (QED) is 0.367. The van der Waals surface area contributed by atoms with Gasteiger partial charge in [0.1, 0.15) is 11.3 Å². The lowest BCUT2D eigenvalue weighted by Crippen LogP contribution is -2.02. The first kappa shape index (κ1) is 12.8. The summed E-state index contributed by atoms with van der Waals surface area (Å²) >= 11 is 0. The van der Waals surface area contributed by atoms with Crippen LogP contribution in [0.5, 0.6) is 0 Å². The highest BCUT2D eigenvalue weighted by Gasteiger charge is 2.21. The average molecular weight is 236 g/mol. The van der Waals surface area contributed by atoms with Gasteiger partial charge in [0, 0.05) is 12.6 Å². The Bertz CT molecular complexity index is 471. The van der Waals surface area contributed by atoms with Crippen molar-refractivity contribution in [2.75, 3.05) is 6.54 Å². The predicted molar refractivity (Wildman–Crippen MR) is 61.3 cm³/mol. The van der Waals surface area contributed by atoms with Crippen LogP contribution in [-0.2, 0) is 0 Å². The van der Waals surface area contributed by atoms with Gasteiger partial charge in [-0.05, 0) is 19.9 Å². The number of hydrogen-bond donors (Lipinski definition) is 1. The topological polar surface area (TPSA) is 97.0 Å². The highest BCUT2D eigenvalue weighted by Crippen LogP contribution is 2.28. The molecule has 17 heavy (non-hydrogen) atoms. The number of nitro benzene ring substituents is 1. The summed E-state index contributed by atoms with van der Waals surface area (Å²) < 4.78 is 0. The van der Waals surface area contributed by atoms with Crippen molar-refractivity contribution >= 4 is 17.2 Å². The molecule has 1 aromatic carbocycles. The fraction of sp³-hybridized carbons (Fsp3) is 0.300. The lowest BCUT2D eigenvalue weighted by atomic mass is 10.1. The van der Waals surface area contributed by atoms with Crippen LogP contribution in [0, 0.1) is 10.1 Å². The van der Waals surface area contributed by atoms with Crippen LogP contribution in [0.1, 0.15) is 24.2 Å². The smallest absolute Gasteiger partial charge is 0.282 e. The number of carbonyl (C=O) groups is 1. The van der Waals surface area contributed by atoms with E-state index in [9.17, 15) is 14.9 Å². The summed E-state index contributed by atoms with van der Waals surface area (Å²) in [6.07, 6.45) is 0. The van der Waals surface area contributed by atoms with Gasteiger partial charge in [-0.3, -0.25) is 20.3 Å². The zero-order valence-corrected chi connectivity index (χ0v) is 9.51. The summed E-state index contributed by atoms with van der Waals surface area (Å²) in [5.41, 5.74) is 2.49. The molecule has 0 heterocycles. The van der Waals surface area contributed by atoms with Gasteiger partial charge < -0.3 is 0 Å². The van der Waals surface area contributed by atoms with Gasteiger partial charge in [-0.2, -0.15) is 0 Å². The maximum absolute atomic E-state index is 11.4. The first-order chi connectivity index (χ1) is 8.07. The zero-order chi connectivity index (χ0) is 12.8. The fourth-order valence-electron chi connectivity index (χ4n) is 1.28. The lowest BCUT2D eigenvalue weighted by molar-refractivity contribution is -0.385. The summed E-state index contributed by atoms with van der Waals surface area (Å²) in [7, 11) is 0. The summed E-state index contributed by atoms with van der Waals surface area (Å²) in [5.74, 6) is -0.414. The molecule has 7 nitrogen and oxygen atoms in total.